The molecule has 68 heavy (non-hydrogen) atoms. The number of nitro groups is 1. The Kier molecular flexibility index (Phi) is 15.4. The Balaban J connectivity index is 1.34. The van der Waals surface area contributed by atoms with Crippen molar-refractivity contribution in [1.29, 1.82) is 0 Å². The number of allylic oxidation sites excluding steroid dienone is 1. The van der Waals surface area contributed by atoms with Gasteiger partial charge in [0.2, 0.25) is 11.7 Å². The molecule has 0 spiro atoms. The molecular weight excluding hydrogens is 861 g/mol. The molecular formula is C55H66N4O9. The molecule has 0 unspecified atom stereocenters. The first-order valence-electron chi connectivity index (χ1n) is 24.2. The van der Waals surface area contributed by atoms with Gasteiger partial charge in [0.15, 0.2) is 0 Å². The van der Waals surface area contributed by atoms with Gasteiger partial charge in [-0.25, -0.2) is 0 Å². The van der Waals surface area contributed by atoms with Crippen LogP contribution >= 0.6 is 0 Å². The van der Waals surface area contributed by atoms with Crippen LogP contribution in [0.3, 0.4) is 0 Å². The van der Waals surface area contributed by atoms with E-state index in [-0.39, 0.29) is 62.1 Å². The molecule has 1 saturated carbocycles. The van der Waals surface area contributed by atoms with Gasteiger partial charge in [0.05, 0.1) is 23.2 Å². The molecule has 13 nitrogen and oxygen atoms in total. The van der Waals surface area contributed by atoms with Crippen LogP contribution in [0.4, 0.5) is 5.69 Å². The molecule has 2 fully saturated rings. The van der Waals surface area contributed by atoms with Gasteiger partial charge in [-0.15, -0.1) is 6.58 Å². The highest BCUT2D eigenvalue weighted by Crippen LogP contribution is 2.62. The SMILES string of the molecule is C=CCO[C@@]12Oc3ccc(OCCN4CC4)cc3[C@H]3[C@H](CCCCO)[C@@H](CCCCO)C=C(C(=NOC(C)(C)C)C[C@@H]1N(Cc1cccc4ccccc14)C(=O)C=Cc1ccc([N+](=O)[O-])cc1)[C@H]32. The van der Waals surface area contributed by atoms with Crippen molar-refractivity contribution in [1.82, 2.24) is 9.80 Å². The van der Waals surface area contributed by atoms with Gasteiger partial charge >= 0.3 is 0 Å². The average Bonchev–Trinajstić information content (AvgIpc) is 4.17. The van der Waals surface area contributed by atoms with Crippen LogP contribution in [-0.4, -0.2) is 100 Å². The molecule has 13 heteroatoms. The molecule has 2 heterocycles. The summed E-state index contributed by atoms with van der Waals surface area (Å²) in [6, 6.07) is 25.6. The first kappa shape index (κ1) is 48.6. The minimum atomic E-state index is -1.48. The van der Waals surface area contributed by atoms with Crippen molar-refractivity contribution in [2.75, 3.05) is 46.1 Å². The zero-order valence-corrected chi connectivity index (χ0v) is 39.6. The molecule has 360 valence electrons. The van der Waals surface area contributed by atoms with Crippen LogP contribution in [0, 0.1) is 27.9 Å². The molecule has 4 aliphatic rings. The van der Waals surface area contributed by atoms with E-state index in [4.69, 9.17) is 24.2 Å². The second-order valence-corrected chi connectivity index (χ2v) is 19.5. The fourth-order valence-electron chi connectivity index (χ4n) is 10.4. The number of aliphatic hydroxyl groups is 2. The maximum absolute atomic E-state index is 15.4. The number of amides is 1. The summed E-state index contributed by atoms with van der Waals surface area (Å²) >= 11 is 0. The molecule has 2 aliphatic heterocycles. The third kappa shape index (κ3) is 11.0. The summed E-state index contributed by atoms with van der Waals surface area (Å²) in [5.41, 5.74) is 3.52. The fourth-order valence-corrected chi connectivity index (χ4v) is 10.4. The Morgan fingerprint density at radius 2 is 1.75 bits per heavy atom. The van der Waals surface area contributed by atoms with E-state index in [1.54, 1.807) is 24.3 Å². The highest BCUT2D eigenvalue weighted by Gasteiger charge is 2.65. The van der Waals surface area contributed by atoms with E-state index in [2.05, 4.69) is 41.8 Å². The first-order valence-corrected chi connectivity index (χ1v) is 24.2. The van der Waals surface area contributed by atoms with Crippen molar-refractivity contribution in [3.8, 4) is 11.5 Å². The van der Waals surface area contributed by atoms with Crippen molar-refractivity contribution in [2.45, 2.75) is 95.6 Å². The van der Waals surface area contributed by atoms with Gasteiger partial charge in [-0.2, -0.15) is 0 Å². The van der Waals surface area contributed by atoms with Crippen molar-refractivity contribution < 1.29 is 39.0 Å². The topological polar surface area (TPSA) is 156 Å². The normalized spacial score (nSPS) is 23.6. The molecule has 1 amide bonds. The summed E-state index contributed by atoms with van der Waals surface area (Å²) in [5, 5.41) is 38.6. The summed E-state index contributed by atoms with van der Waals surface area (Å²) in [4.78, 5) is 37.0. The third-order valence-corrected chi connectivity index (χ3v) is 13.7. The number of fused-ring (bicyclic) bond motifs is 3. The van der Waals surface area contributed by atoms with E-state index in [9.17, 15) is 20.3 Å². The highest BCUT2D eigenvalue weighted by atomic mass is 16.7. The maximum Gasteiger partial charge on any atom is 0.269 e. The molecule has 2 aliphatic carbocycles. The molecule has 6 atom stereocenters. The number of nitro benzene ring substituents is 1. The number of carbonyl (C=O) groups is 1. The van der Waals surface area contributed by atoms with E-state index >= 15 is 4.79 Å². The molecule has 1 saturated heterocycles. The van der Waals surface area contributed by atoms with E-state index in [0.29, 0.717) is 36.5 Å². The first-order chi connectivity index (χ1) is 32.9. The van der Waals surface area contributed by atoms with Crippen molar-refractivity contribution in [2.24, 2.45) is 22.9 Å². The minimum absolute atomic E-state index is 0.0419. The van der Waals surface area contributed by atoms with Crippen molar-refractivity contribution in [3.05, 3.63) is 142 Å². The van der Waals surface area contributed by atoms with Crippen LogP contribution in [0.2, 0.25) is 0 Å². The second-order valence-electron chi connectivity index (χ2n) is 19.5. The van der Waals surface area contributed by atoms with Gasteiger partial charge in [-0.3, -0.25) is 19.8 Å². The largest absolute Gasteiger partial charge is 0.492 e. The lowest BCUT2D eigenvalue weighted by atomic mass is 9.55. The molecule has 0 aromatic heterocycles. The number of hydrogen-bond donors (Lipinski definition) is 2. The number of non-ortho nitro benzene ring substituents is 1. The minimum Gasteiger partial charge on any atom is -0.492 e. The third-order valence-electron chi connectivity index (χ3n) is 13.7. The van der Waals surface area contributed by atoms with Gasteiger partial charge in [0.1, 0.15) is 29.7 Å². The number of oxime groups is 1. The molecule has 8 rings (SSSR count). The van der Waals surface area contributed by atoms with Crippen LogP contribution in [0.25, 0.3) is 16.8 Å². The number of ether oxygens (including phenoxy) is 3. The monoisotopic (exact) mass is 926 g/mol. The maximum atomic E-state index is 15.4. The smallest absolute Gasteiger partial charge is 0.269 e. The lowest BCUT2D eigenvalue weighted by Crippen LogP contribution is -2.70. The Bertz CT molecular complexity index is 2510. The van der Waals surface area contributed by atoms with E-state index < -0.39 is 28.3 Å². The summed E-state index contributed by atoms with van der Waals surface area (Å²) in [5.74, 6) is -1.01. The predicted octanol–water partition coefficient (Wildman–Crippen LogP) is 9.62. The lowest BCUT2D eigenvalue weighted by molar-refractivity contribution is -0.384. The number of unbranched alkanes of at least 4 members (excludes halogenated alkanes) is 2. The van der Waals surface area contributed by atoms with Crippen LogP contribution in [0.15, 0.2) is 120 Å². The van der Waals surface area contributed by atoms with Crippen LogP contribution in [0.5, 0.6) is 11.5 Å². The standard InChI is InChI=1S/C55H66N4O9/c1-5-32-66-55-50(58(37-41-16-12-15-39-13-6-7-17-44(39)41)51(62)26-21-38-19-22-42(23-20-38)59(63)64)36-48(56-68-54(2,3)4)46-34-40(14-8-10-30-60)45(18-9-11-31-61)52(53(46)55)47-35-43(24-25-49(47)67-55)65-33-29-57-27-28-57/h5-7,12-13,15-17,19-26,34-35,40,45,50,52-53,60-61H,1,8-11,14,18,27-33,36-37H2,2-4H3/t40-,45+,50-,52+,53+,55+/m0/s1. The Morgan fingerprint density at radius 1 is 1.00 bits per heavy atom. The van der Waals surface area contributed by atoms with Gasteiger partial charge in [-0.1, -0.05) is 72.6 Å². The van der Waals surface area contributed by atoms with E-state index in [1.807, 2.05) is 62.1 Å². The molecule has 4 aromatic rings. The van der Waals surface area contributed by atoms with Crippen LogP contribution in [-0.2, 0) is 20.9 Å². The van der Waals surface area contributed by atoms with Gasteiger partial charge in [-0.05, 0) is 122 Å². The lowest BCUT2D eigenvalue weighted by Gasteiger charge is -2.60. The number of rotatable bonds is 22. The zero-order chi connectivity index (χ0) is 47.8. The zero-order valence-electron chi connectivity index (χ0n) is 39.6. The Labute approximate surface area is 399 Å². The fraction of sp³-hybridized carbons (Fsp3) is 0.455. The number of aliphatic hydroxyl groups excluding tert-OH is 2. The van der Waals surface area contributed by atoms with Crippen molar-refractivity contribution in [3.63, 3.8) is 0 Å². The Hall–Kier alpha value is -5.86. The van der Waals surface area contributed by atoms with Crippen LogP contribution < -0.4 is 9.47 Å². The quantitative estimate of drug-likeness (QED) is 0.0194. The van der Waals surface area contributed by atoms with Crippen LogP contribution in [0.1, 0.15) is 88.3 Å². The molecule has 2 N–H and O–H groups in total. The summed E-state index contributed by atoms with van der Waals surface area (Å²) in [6.45, 7) is 14.0. The molecule has 4 aromatic carbocycles. The summed E-state index contributed by atoms with van der Waals surface area (Å²) < 4.78 is 21.2. The summed E-state index contributed by atoms with van der Waals surface area (Å²) in [7, 11) is 0. The number of hydrogen-bond acceptors (Lipinski definition) is 11. The molecule has 0 radical (unpaired) electrons. The van der Waals surface area contributed by atoms with Gasteiger partial charge in [0.25, 0.3) is 5.69 Å². The number of carbonyl (C=O) groups excluding carboxylic acids is 1. The highest BCUT2D eigenvalue weighted by molar-refractivity contribution is 6.03. The second kappa shape index (κ2) is 21.6. The van der Waals surface area contributed by atoms with E-state index in [0.717, 1.165) is 78.5 Å². The summed E-state index contributed by atoms with van der Waals surface area (Å²) in [6.07, 6.45) is 12.1. The number of benzene rings is 4. The average molecular weight is 927 g/mol. The Morgan fingerprint density at radius 3 is 2.47 bits per heavy atom. The van der Waals surface area contributed by atoms with Crippen molar-refractivity contribution >= 4 is 34.2 Å². The van der Waals surface area contributed by atoms with E-state index in [1.165, 1.54) is 18.2 Å². The predicted molar refractivity (Wildman–Crippen MR) is 264 cm³/mol. The molecule has 0 bridgehead atoms. The number of nitrogens with zero attached hydrogens (tertiary/aromatic N) is 4. The van der Waals surface area contributed by atoms with Gasteiger partial charge in [0, 0.05) is 75.5 Å². The van der Waals surface area contributed by atoms with Gasteiger partial charge < -0.3 is 34.2 Å².